The van der Waals surface area contributed by atoms with Gasteiger partial charge in [0.1, 0.15) is 0 Å². The molecule has 6 aromatic carbocycles. The van der Waals surface area contributed by atoms with Crippen molar-refractivity contribution in [2.45, 2.75) is 19.3 Å². The van der Waals surface area contributed by atoms with Gasteiger partial charge in [0.15, 0.2) is 5.82 Å². The molecule has 1 aliphatic rings. The molecule has 0 atom stereocenters. The molecule has 1 aliphatic carbocycles. The Morgan fingerprint density at radius 2 is 1.09 bits per heavy atom. The zero-order valence-corrected chi connectivity index (χ0v) is 26.3. The molecule has 2 heterocycles. The predicted molar refractivity (Wildman–Crippen MR) is 194 cm³/mol. The van der Waals surface area contributed by atoms with Gasteiger partial charge in [-0.2, -0.15) is 0 Å². The zero-order valence-electron chi connectivity index (χ0n) is 26.3. The van der Waals surface area contributed by atoms with Gasteiger partial charge in [-0.15, -0.1) is 0 Å². The molecule has 0 radical (unpaired) electrons. The molecule has 47 heavy (non-hydrogen) atoms. The van der Waals surface area contributed by atoms with Gasteiger partial charge in [-0.1, -0.05) is 141 Å². The Morgan fingerprint density at radius 1 is 0.447 bits per heavy atom. The van der Waals surface area contributed by atoms with Crippen molar-refractivity contribution in [3.05, 3.63) is 163 Å². The fraction of sp³-hybridized carbons (Fsp3) is 0.0682. The van der Waals surface area contributed by atoms with E-state index in [-0.39, 0.29) is 5.41 Å². The van der Waals surface area contributed by atoms with Crippen LogP contribution in [0.1, 0.15) is 25.0 Å². The molecule has 0 bridgehead atoms. The van der Waals surface area contributed by atoms with Gasteiger partial charge in [0.2, 0.25) is 0 Å². The summed E-state index contributed by atoms with van der Waals surface area (Å²) in [5.41, 5.74) is 13.5. The molecule has 0 saturated carbocycles. The molecule has 222 valence electrons. The Hall–Kier alpha value is -5.93. The van der Waals surface area contributed by atoms with Crippen molar-refractivity contribution in [2.75, 3.05) is 0 Å². The van der Waals surface area contributed by atoms with Gasteiger partial charge in [0.05, 0.1) is 16.9 Å². The standard InChI is InChI=1S/C44H31N3/c1-44(2)38-20-9-8-18-34(38)35-22-21-30(26-39(35)44)31-23-24-36(33-17-7-6-16-32(31)33)40-27-41(47-43(46-40)29-12-4-3-5-13-29)37-19-10-14-28-15-11-25-45-42(28)37/h3-27H,1-2H3. The highest BCUT2D eigenvalue weighted by atomic mass is 14.9. The third kappa shape index (κ3) is 4.39. The molecule has 0 amide bonds. The minimum Gasteiger partial charge on any atom is -0.256 e. The molecule has 0 aliphatic heterocycles. The summed E-state index contributed by atoms with van der Waals surface area (Å²) in [7, 11) is 0. The molecule has 2 aromatic heterocycles. The van der Waals surface area contributed by atoms with Gasteiger partial charge in [-0.25, -0.2) is 9.97 Å². The van der Waals surface area contributed by atoms with E-state index in [9.17, 15) is 0 Å². The normalized spacial score (nSPS) is 13.1. The van der Waals surface area contributed by atoms with Crippen molar-refractivity contribution >= 4 is 21.7 Å². The van der Waals surface area contributed by atoms with Crippen LogP contribution in [0.15, 0.2) is 152 Å². The fourth-order valence-electron chi connectivity index (χ4n) is 7.40. The number of para-hydroxylation sites is 1. The van der Waals surface area contributed by atoms with E-state index in [1.54, 1.807) is 0 Å². The van der Waals surface area contributed by atoms with Gasteiger partial charge in [0.25, 0.3) is 0 Å². The topological polar surface area (TPSA) is 38.7 Å². The maximum absolute atomic E-state index is 5.19. The van der Waals surface area contributed by atoms with E-state index in [2.05, 4.69) is 135 Å². The van der Waals surface area contributed by atoms with Crippen LogP contribution in [0.3, 0.4) is 0 Å². The number of pyridine rings is 1. The predicted octanol–water partition coefficient (Wildman–Crippen LogP) is 11.2. The van der Waals surface area contributed by atoms with E-state index in [0.29, 0.717) is 5.82 Å². The average molecular weight is 602 g/mol. The molecule has 0 spiro atoms. The lowest BCUT2D eigenvalue weighted by atomic mass is 9.81. The smallest absolute Gasteiger partial charge is 0.160 e. The number of rotatable bonds is 4. The molecule has 9 rings (SSSR count). The average Bonchev–Trinajstić information content (AvgIpc) is 3.36. The minimum atomic E-state index is -0.0562. The summed E-state index contributed by atoms with van der Waals surface area (Å²) in [6.45, 7) is 4.68. The number of aromatic nitrogens is 3. The highest BCUT2D eigenvalue weighted by Gasteiger charge is 2.35. The molecule has 3 nitrogen and oxygen atoms in total. The van der Waals surface area contributed by atoms with Crippen LogP contribution in [0.25, 0.3) is 77.8 Å². The third-order valence-electron chi connectivity index (χ3n) is 9.76. The third-order valence-corrected chi connectivity index (χ3v) is 9.76. The second kappa shape index (κ2) is 10.6. The van der Waals surface area contributed by atoms with Gasteiger partial charge >= 0.3 is 0 Å². The Bertz CT molecular complexity index is 2490. The van der Waals surface area contributed by atoms with E-state index in [0.717, 1.165) is 44.4 Å². The monoisotopic (exact) mass is 601 g/mol. The first-order valence-electron chi connectivity index (χ1n) is 16.1. The largest absolute Gasteiger partial charge is 0.256 e. The highest BCUT2D eigenvalue weighted by molar-refractivity contribution is 6.05. The lowest BCUT2D eigenvalue weighted by molar-refractivity contribution is 0.660. The van der Waals surface area contributed by atoms with Crippen molar-refractivity contribution in [2.24, 2.45) is 0 Å². The molecule has 0 saturated heterocycles. The summed E-state index contributed by atoms with van der Waals surface area (Å²) in [6, 6.07) is 51.7. The summed E-state index contributed by atoms with van der Waals surface area (Å²) in [6.07, 6.45) is 1.84. The molecule has 0 N–H and O–H groups in total. The minimum absolute atomic E-state index is 0.0562. The van der Waals surface area contributed by atoms with Crippen LogP contribution in [-0.2, 0) is 5.41 Å². The van der Waals surface area contributed by atoms with Crippen LogP contribution < -0.4 is 0 Å². The van der Waals surface area contributed by atoms with Gasteiger partial charge in [0, 0.05) is 33.7 Å². The lowest BCUT2D eigenvalue weighted by Gasteiger charge is -2.22. The van der Waals surface area contributed by atoms with E-state index in [4.69, 9.17) is 15.0 Å². The van der Waals surface area contributed by atoms with Crippen molar-refractivity contribution in [3.8, 4) is 56.2 Å². The van der Waals surface area contributed by atoms with Crippen molar-refractivity contribution in [1.82, 2.24) is 15.0 Å². The summed E-state index contributed by atoms with van der Waals surface area (Å²) >= 11 is 0. The fourth-order valence-corrected chi connectivity index (χ4v) is 7.40. The van der Waals surface area contributed by atoms with Crippen LogP contribution in [0, 0.1) is 0 Å². The van der Waals surface area contributed by atoms with Gasteiger partial charge < -0.3 is 0 Å². The van der Waals surface area contributed by atoms with Crippen molar-refractivity contribution in [3.63, 3.8) is 0 Å². The number of hydrogen-bond acceptors (Lipinski definition) is 3. The summed E-state index contributed by atoms with van der Waals surface area (Å²) in [5, 5.41) is 3.45. The Kier molecular flexibility index (Phi) is 6.16. The van der Waals surface area contributed by atoms with Crippen LogP contribution in [0.4, 0.5) is 0 Å². The van der Waals surface area contributed by atoms with Crippen molar-refractivity contribution in [1.29, 1.82) is 0 Å². The van der Waals surface area contributed by atoms with Crippen LogP contribution in [-0.4, -0.2) is 15.0 Å². The highest BCUT2D eigenvalue weighted by Crippen LogP contribution is 2.50. The maximum Gasteiger partial charge on any atom is 0.160 e. The van der Waals surface area contributed by atoms with Gasteiger partial charge in [-0.3, -0.25) is 4.98 Å². The Morgan fingerprint density at radius 3 is 1.94 bits per heavy atom. The summed E-state index contributed by atoms with van der Waals surface area (Å²) in [5.74, 6) is 0.694. The van der Waals surface area contributed by atoms with E-state index in [1.165, 1.54) is 38.8 Å². The summed E-state index contributed by atoms with van der Waals surface area (Å²) in [4.78, 5) is 15.0. The quantitative estimate of drug-likeness (QED) is 0.201. The first-order valence-corrected chi connectivity index (χ1v) is 16.1. The van der Waals surface area contributed by atoms with Crippen LogP contribution >= 0.6 is 0 Å². The summed E-state index contributed by atoms with van der Waals surface area (Å²) < 4.78 is 0. The molecular weight excluding hydrogens is 571 g/mol. The molecule has 0 fully saturated rings. The van der Waals surface area contributed by atoms with E-state index in [1.807, 2.05) is 30.5 Å². The number of benzene rings is 6. The number of fused-ring (bicyclic) bond motifs is 5. The Labute approximate surface area is 274 Å². The van der Waals surface area contributed by atoms with Gasteiger partial charge in [-0.05, 0) is 62.4 Å². The SMILES string of the molecule is CC1(C)c2ccccc2-c2ccc(-c3ccc(-c4cc(-c5cccc6cccnc56)nc(-c5ccccc5)n4)c4ccccc34)cc21. The molecular formula is C44H31N3. The second-order valence-electron chi connectivity index (χ2n) is 12.8. The number of nitrogens with zero attached hydrogens (tertiary/aromatic N) is 3. The van der Waals surface area contributed by atoms with Crippen LogP contribution in [0.2, 0.25) is 0 Å². The van der Waals surface area contributed by atoms with Crippen LogP contribution in [0.5, 0.6) is 0 Å². The molecule has 3 heteroatoms. The second-order valence-corrected chi connectivity index (χ2v) is 12.8. The van der Waals surface area contributed by atoms with E-state index >= 15 is 0 Å². The number of hydrogen-bond donors (Lipinski definition) is 0. The first kappa shape index (κ1) is 27.4. The zero-order chi connectivity index (χ0) is 31.5. The Balaban J connectivity index is 1.24. The lowest BCUT2D eigenvalue weighted by Crippen LogP contribution is -2.14. The molecule has 0 unspecified atom stereocenters. The van der Waals surface area contributed by atoms with E-state index < -0.39 is 0 Å². The molecule has 8 aromatic rings. The van der Waals surface area contributed by atoms with Crippen molar-refractivity contribution < 1.29 is 0 Å². The maximum atomic E-state index is 5.19. The first-order chi connectivity index (χ1) is 23.1.